The standard InChI is InChI=1S/C25H37N3OS.C2H6/c1-7-21(26)13-10-19-14-17(3)22(15-16(19)2)29-24(30)28-23(27)18-8-11-20(12-9-18)25(4,5)6;1-2/h8-9,11-12,14-15,21,23H,7,10,13,26-27H2,1-6H3,(H,28,30);1-2H3. The lowest BCUT2D eigenvalue weighted by Crippen LogP contribution is -2.36. The van der Waals surface area contributed by atoms with E-state index in [0.29, 0.717) is 0 Å². The van der Waals surface area contributed by atoms with Crippen LogP contribution in [0.2, 0.25) is 0 Å². The van der Waals surface area contributed by atoms with Crippen LogP contribution in [-0.4, -0.2) is 11.2 Å². The Labute approximate surface area is 201 Å². The molecule has 0 aliphatic carbocycles. The van der Waals surface area contributed by atoms with Crippen molar-refractivity contribution in [3.8, 4) is 5.75 Å². The summed E-state index contributed by atoms with van der Waals surface area (Å²) < 4.78 is 5.91. The SMILES string of the molecule is CC.CCC(N)CCc1cc(C)c(OC(=S)NC(N)c2ccc(C(C)(C)C)cc2)cc1C. The molecule has 0 aliphatic rings. The lowest BCUT2D eigenvalue weighted by atomic mass is 9.86. The number of benzene rings is 2. The summed E-state index contributed by atoms with van der Waals surface area (Å²) in [4.78, 5) is 0. The molecule has 0 heterocycles. The van der Waals surface area contributed by atoms with Crippen LogP contribution in [0.1, 0.15) is 88.4 Å². The smallest absolute Gasteiger partial charge is 0.263 e. The average Bonchev–Trinajstić information content (AvgIpc) is 2.75. The molecule has 2 aromatic carbocycles. The molecule has 178 valence electrons. The van der Waals surface area contributed by atoms with Gasteiger partial charge in [0.15, 0.2) is 0 Å². The van der Waals surface area contributed by atoms with Gasteiger partial charge in [0.05, 0.1) is 0 Å². The molecule has 2 unspecified atom stereocenters. The lowest BCUT2D eigenvalue weighted by molar-refractivity contribution is 0.503. The number of nitrogens with two attached hydrogens (primary N) is 2. The largest absolute Gasteiger partial charge is 0.432 e. The highest BCUT2D eigenvalue weighted by atomic mass is 32.1. The molecule has 5 heteroatoms. The third-order valence-electron chi connectivity index (χ3n) is 5.55. The van der Waals surface area contributed by atoms with Crippen LogP contribution in [0, 0.1) is 13.8 Å². The van der Waals surface area contributed by atoms with Gasteiger partial charge in [-0.1, -0.05) is 71.9 Å². The Bertz CT molecular complexity index is 856. The Morgan fingerprint density at radius 1 is 1.03 bits per heavy atom. The maximum absolute atomic E-state index is 6.29. The van der Waals surface area contributed by atoms with Crippen LogP contribution in [0.15, 0.2) is 36.4 Å². The highest BCUT2D eigenvalue weighted by molar-refractivity contribution is 7.80. The third kappa shape index (κ3) is 8.53. The monoisotopic (exact) mass is 457 g/mol. The molecule has 5 N–H and O–H groups in total. The van der Waals surface area contributed by atoms with Gasteiger partial charge < -0.3 is 21.5 Å². The maximum Gasteiger partial charge on any atom is 0.263 e. The molecule has 0 bridgehead atoms. The van der Waals surface area contributed by atoms with Crippen LogP contribution in [0.4, 0.5) is 0 Å². The van der Waals surface area contributed by atoms with Crippen molar-refractivity contribution in [1.29, 1.82) is 0 Å². The molecule has 0 radical (unpaired) electrons. The lowest BCUT2D eigenvalue weighted by Gasteiger charge is -2.21. The summed E-state index contributed by atoms with van der Waals surface area (Å²) in [6.07, 6.45) is 2.53. The molecule has 0 amide bonds. The zero-order valence-corrected chi connectivity index (χ0v) is 22.0. The van der Waals surface area contributed by atoms with Crippen molar-refractivity contribution in [2.45, 2.75) is 92.3 Å². The van der Waals surface area contributed by atoms with E-state index in [2.05, 4.69) is 58.1 Å². The Balaban J connectivity index is 0.00000249. The van der Waals surface area contributed by atoms with E-state index in [1.165, 1.54) is 16.7 Å². The van der Waals surface area contributed by atoms with E-state index in [1.807, 2.05) is 39.0 Å². The second-order valence-electron chi connectivity index (χ2n) is 9.13. The fourth-order valence-electron chi connectivity index (χ4n) is 3.30. The van der Waals surface area contributed by atoms with Crippen LogP contribution < -0.4 is 21.5 Å². The first-order chi connectivity index (χ1) is 15.0. The van der Waals surface area contributed by atoms with Gasteiger partial charge in [-0.2, -0.15) is 0 Å². The minimum absolute atomic E-state index is 0.109. The van der Waals surface area contributed by atoms with Gasteiger partial charge in [0.1, 0.15) is 11.9 Å². The number of thiocarbonyl (C=S) groups is 1. The van der Waals surface area contributed by atoms with Gasteiger partial charge in [0.2, 0.25) is 0 Å². The summed E-state index contributed by atoms with van der Waals surface area (Å²) in [5.74, 6) is 0.754. The molecule has 4 nitrogen and oxygen atoms in total. The quantitative estimate of drug-likeness (QED) is 0.340. The van der Waals surface area contributed by atoms with Crippen molar-refractivity contribution in [3.63, 3.8) is 0 Å². The number of nitrogens with one attached hydrogen (secondary N) is 1. The van der Waals surface area contributed by atoms with Gasteiger partial charge in [-0.15, -0.1) is 0 Å². The molecule has 32 heavy (non-hydrogen) atoms. The number of aryl methyl sites for hydroxylation is 3. The van der Waals surface area contributed by atoms with Crippen LogP contribution in [0.25, 0.3) is 0 Å². The van der Waals surface area contributed by atoms with E-state index >= 15 is 0 Å². The van der Waals surface area contributed by atoms with E-state index in [9.17, 15) is 0 Å². The van der Waals surface area contributed by atoms with Crippen molar-refractivity contribution in [1.82, 2.24) is 5.32 Å². The van der Waals surface area contributed by atoms with Crippen molar-refractivity contribution in [2.24, 2.45) is 11.5 Å². The second-order valence-corrected chi connectivity index (χ2v) is 9.51. The average molecular weight is 458 g/mol. The van der Waals surface area contributed by atoms with Gasteiger partial charge in [-0.25, -0.2) is 0 Å². The van der Waals surface area contributed by atoms with Crippen molar-refractivity contribution >= 4 is 17.4 Å². The van der Waals surface area contributed by atoms with Crippen LogP contribution >= 0.6 is 12.2 Å². The number of rotatable bonds is 7. The molecular formula is C27H43N3OS. The topological polar surface area (TPSA) is 73.3 Å². The fraction of sp³-hybridized carbons (Fsp3) is 0.519. The zero-order chi connectivity index (χ0) is 24.5. The van der Waals surface area contributed by atoms with Gasteiger partial charge >= 0.3 is 0 Å². The predicted molar refractivity (Wildman–Crippen MR) is 142 cm³/mol. The van der Waals surface area contributed by atoms with Crippen molar-refractivity contribution in [3.05, 3.63) is 64.2 Å². The summed E-state index contributed by atoms with van der Waals surface area (Å²) in [6.45, 7) is 16.8. The van der Waals surface area contributed by atoms with E-state index in [-0.39, 0.29) is 16.6 Å². The van der Waals surface area contributed by atoms with Crippen LogP contribution in [0.5, 0.6) is 5.75 Å². The van der Waals surface area contributed by atoms with Gasteiger partial charge in [-0.05, 0) is 84.6 Å². The molecular weight excluding hydrogens is 414 g/mol. The number of hydrogen-bond acceptors (Lipinski definition) is 4. The summed E-state index contributed by atoms with van der Waals surface area (Å²) in [5, 5.41) is 3.35. The first kappa shape index (κ1) is 28.1. The second kappa shape index (κ2) is 12.9. The Morgan fingerprint density at radius 3 is 2.16 bits per heavy atom. The summed E-state index contributed by atoms with van der Waals surface area (Å²) in [5.41, 5.74) is 18.2. The molecule has 2 aromatic rings. The minimum atomic E-state index is -0.428. The Morgan fingerprint density at radius 2 is 1.62 bits per heavy atom. The molecule has 0 spiro atoms. The summed E-state index contributed by atoms with van der Waals surface area (Å²) in [6, 6.07) is 12.7. The maximum atomic E-state index is 6.29. The molecule has 2 rings (SSSR count). The van der Waals surface area contributed by atoms with Crippen molar-refractivity contribution in [2.75, 3.05) is 0 Å². The third-order valence-corrected chi connectivity index (χ3v) is 5.76. The highest BCUT2D eigenvalue weighted by Gasteiger charge is 2.15. The van der Waals surface area contributed by atoms with E-state index in [4.69, 9.17) is 28.4 Å². The first-order valence-electron chi connectivity index (χ1n) is 11.7. The van der Waals surface area contributed by atoms with E-state index in [1.54, 1.807) is 0 Å². The van der Waals surface area contributed by atoms with Gasteiger partial charge in [0, 0.05) is 6.04 Å². The van der Waals surface area contributed by atoms with E-state index < -0.39 is 6.17 Å². The van der Waals surface area contributed by atoms with Crippen LogP contribution in [0.3, 0.4) is 0 Å². The van der Waals surface area contributed by atoms with Gasteiger partial charge in [-0.3, -0.25) is 0 Å². The number of ether oxygens (including phenoxy) is 1. The Hall–Kier alpha value is -1.95. The zero-order valence-electron chi connectivity index (χ0n) is 21.2. The minimum Gasteiger partial charge on any atom is -0.432 e. The summed E-state index contributed by atoms with van der Waals surface area (Å²) >= 11 is 5.40. The molecule has 0 saturated heterocycles. The molecule has 0 fully saturated rings. The van der Waals surface area contributed by atoms with Gasteiger partial charge in [0.25, 0.3) is 5.17 Å². The highest BCUT2D eigenvalue weighted by Crippen LogP contribution is 2.25. The molecule has 0 aromatic heterocycles. The van der Waals surface area contributed by atoms with E-state index in [0.717, 1.165) is 36.1 Å². The molecule has 0 aliphatic heterocycles. The molecule has 2 atom stereocenters. The molecule has 0 saturated carbocycles. The summed E-state index contributed by atoms with van der Waals surface area (Å²) in [7, 11) is 0. The first-order valence-corrected chi connectivity index (χ1v) is 12.1. The number of hydrogen-bond donors (Lipinski definition) is 3. The van der Waals surface area contributed by atoms with Crippen LogP contribution in [-0.2, 0) is 11.8 Å². The predicted octanol–water partition coefficient (Wildman–Crippen LogP) is 6.21. The van der Waals surface area contributed by atoms with Crippen molar-refractivity contribution < 1.29 is 4.74 Å². The Kier molecular flexibility index (Phi) is 11.3. The fourth-order valence-corrected chi connectivity index (χ4v) is 3.52. The normalized spacial score (nSPS) is 12.9.